The average molecular weight is 303 g/mol. The molecular formula is C14H20Cl2N2O. The largest absolute Gasteiger partial charge is 0.327 e. The van der Waals surface area contributed by atoms with Gasteiger partial charge < -0.3 is 11.1 Å². The second-order valence-corrected chi connectivity index (χ2v) is 5.50. The van der Waals surface area contributed by atoms with Crippen LogP contribution in [-0.2, 0) is 4.79 Å². The topological polar surface area (TPSA) is 55.1 Å². The summed E-state index contributed by atoms with van der Waals surface area (Å²) in [6, 6.07) is 5.79. The Morgan fingerprint density at radius 1 is 1.47 bits per heavy atom. The van der Waals surface area contributed by atoms with Crippen LogP contribution in [0.25, 0.3) is 0 Å². The van der Waals surface area contributed by atoms with Gasteiger partial charge in [0.2, 0.25) is 5.91 Å². The van der Waals surface area contributed by atoms with Crippen molar-refractivity contribution in [2.75, 3.05) is 5.32 Å². The van der Waals surface area contributed by atoms with E-state index < -0.39 is 0 Å². The van der Waals surface area contributed by atoms with Gasteiger partial charge in [-0.2, -0.15) is 0 Å². The van der Waals surface area contributed by atoms with Crippen molar-refractivity contribution in [1.82, 2.24) is 0 Å². The van der Waals surface area contributed by atoms with Gasteiger partial charge >= 0.3 is 0 Å². The summed E-state index contributed by atoms with van der Waals surface area (Å²) in [4.78, 5) is 11.9. The highest BCUT2D eigenvalue weighted by atomic mass is 35.5. The van der Waals surface area contributed by atoms with Gasteiger partial charge in [0.15, 0.2) is 0 Å². The minimum absolute atomic E-state index is 0. The van der Waals surface area contributed by atoms with Crippen molar-refractivity contribution in [3.05, 3.63) is 28.8 Å². The third-order valence-electron chi connectivity index (χ3n) is 3.56. The molecule has 1 fully saturated rings. The molecule has 1 saturated carbocycles. The van der Waals surface area contributed by atoms with E-state index in [1.807, 2.05) is 25.1 Å². The van der Waals surface area contributed by atoms with Crippen LogP contribution < -0.4 is 11.1 Å². The van der Waals surface area contributed by atoms with Crippen molar-refractivity contribution in [1.29, 1.82) is 0 Å². The van der Waals surface area contributed by atoms with Crippen LogP contribution in [0.4, 0.5) is 5.69 Å². The number of rotatable bonds is 3. The zero-order valence-corrected chi connectivity index (χ0v) is 12.6. The normalized spacial score (nSPS) is 21.8. The summed E-state index contributed by atoms with van der Waals surface area (Å²) in [5.74, 6) is 0.317. The Morgan fingerprint density at radius 3 is 2.79 bits per heavy atom. The van der Waals surface area contributed by atoms with E-state index >= 15 is 0 Å². The number of amides is 1. The van der Waals surface area contributed by atoms with E-state index in [1.165, 1.54) is 0 Å². The molecule has 1 aromatic carbocycles. The highest BCUT2D eigenvalue weighted by Crippen LogP contribution is 2.28. The predicted octanol–water partition coefficient (Wildman–Crippen LogP) is 3.53. The van der Waals surface area contributed by atoms with E-state index in [0.717, 1.165) is 24.8 Å². The predicted molar refractivity (Wildman–Crippen MR) is 82.0 cm³/mol. The van der Waals surface area contributed by atoms with Gasteiger partial charge in [0, 0.05) is 12.5 Å². The second-order valence-electron chi connectivity index (χ2n) is 5.09. The van der Waals surface area contributed by atoms with Crippen molar-refractivity contribution >= 4 is 35.6 Å². The van der Waals surface area contributed by atoms with Gasteiger partial charge in [-0.1, -0.05) is 24.1 Å². The number of benzene rings is 1. The van der Waals surface area contributed by atoms with Gasteiger partial charge in [0.25, 0.3) is 0 Å². The van der Waals surface area contributed by atoms with Crippen molar-refractivity contribution in [2.24, 2.45) is 11.7 Å². The Kier molecular flexibility index (Phi) is 6.11. The molecule has 106 valence electrons. The molecule has 0 spiro atoms. The fourth-order valence-corrected chi connectivity index (χ4v) is 2.76. The lowest BCUT2D eigenvalue weighted by molar-refractivity contribution is -0.117. The summed E-state index contributed by atoms with van der Waals surface area (Å²) >= 11 is 6.08. The monoisotopic (exact) mass is 302 g/mol. The van der Waals surface area contributed by atoms with E-state index in [2.05, 4.69) is 5.32 Å². The van der Waals surface area contributed by atoms with Crippen LogP contribution in [0.5, 0.6) is 0 Å². The van der Waals surface area contributed by atoms with Crippen LogP contribution in [0.15, 0.2) is 18.2 Å². The summed E-state index contributed by atoms with van der Waals surface area (Å²) < 4.78 is 0. The highest BCUT2D eigenvalue weighted by Gasteiger charge is 2.26. The Bertz CT molecular complexity index is 451. The molecule has 1 aliphatic carbocycles. The molecule has 5 heteroatoms. The molecule has 3 nitrogen and oxygen atoms in total. The summed E-state index contributed by atoms with van der Waals surface area (Å²) in [5, 5.41) is 3.44. The van der Waals surface area contributed by atoms with Gasteiger partial charge in [-0.25, -0.2) is 0 Å². The van der Waals surface area contributed by atoms with Gasteiger partial charge in [-0.15, -0.1) is 12.4 Å². The highest BCUT2D eigenvalue weighted by molar-refractivity contribution is 6.33. The van der Waals surface area contributed by atoms with Crippen LogP contribution in [0.3, 0.4) is 0 Å². The van der Waals surface area contributed by atoms with Gasteiger partial charge in [-0.3, -0.25) is 4.79 Å². The van der Waals surface area contributed by atoms with Crippen molar-refractivity contribution in [3.63, 3.8) is 0 Å². The molecule has 1 amide bonds. The molecule has 19 heavy (non-hydrogen) atoms. The number of hydrogen-bond acceptors (Lipinski definition) is 2. The standard InChI is InChI=1S/C14H19ClN2O.ClH/c1-9-5-6-13(11(15)7-9)17-14(18)8-10-3-2-4-12(10)16;/h5-7,10,12H,2-4,8,16H2,1H3,(H,17,18);1H/t10-,12+;/m0./s1. The Morgan fingerprint density at radius 2 is 2.21 bits per heavy atom. The van der Waals surface area contributed by atoms with Crippen molar-refractivity contribution in [3.8, 4) is 0 Å². The number of carbonyl (C=O) groups is 1. The molecule has 2 atom stereocenters. The first-order valence-corrected chi connectivity index (χ1v) is 6.75. The van der Waals surface area contributed by atoms with Crippen LogP contribution in [-0.4, -0.2) is 11.9 Å². The molecule has 0 aromatic heterocycles. The third-order valence-corrected chi connectivity index (χ3v) is 3.88. The fourth-order valence-electron chi connectivity index (χ4n) is 2.48. The fraction of sp³-hybridized carbons (Fsp3) is 0.500. The number of nitrogens with two attached hydrogens (primary N) is 1. The summed E-state index contributed by atoms with van der Waals surface area (Å²) in [7, 11) is 0. The number of anilines is 1. The van der Waals surface area contributed by atoms with Crippen molar-refractivity contribution in [2.45, 2.75) is 38.6 Å². The minimum Gasteiger partial charge on any atom is -0.327 e. The zero-order valence-electron chi connectivity index (χ0n) is 11.0. The minimum atomic E-state index is 0. The molecule has 0 unspecified atom stereocenters. The molecular weight excluding hydrogens is 283 g/mol. The molecule has 1 aliphatic rings. The first-order chi connectivity index (χ1) is 8.56. The SMILES string of the molecule is Cc1ccc(NC(=O)C[C@@H]2CCC[C@H]2N)c(Cl)c1.Cl. The molecule has 3 N–H and O–H groups in total. The Labute approximate surface area is 125 Å². The molecule has 0 radical (unpaired) electrons. The smallest absolute Gasteiger partial charge is 0.224 e. The second kappa shape index (κ2) is 7.13. The maximum Gasteiger partial charge on any atom is 0.224 e. The lowest BCUT2D eigenvalue weighted by Gasteiger charge is -2.15. The number of carbonyl (C=O) groups excluding carboxylic acids is 1. The lowest BCUT2D eigenvalue weighted by Crippen LogP contribution is -2.28. The van der Waals surface area contributed by atoms with E-state index in [-0.39, 0.29) is 24.4 Å². The maximum atomic E-state index is 11.9. The number of hydrogen-bond donors (Lipinski definition) is 2. The summed E-state index contributed by atoms with van der Waals surface area (Å²) in [6.45, 7) is 1.97. The van der Waals surface area contributed by atoms with Crippen LogP contribution in [0, 0.1) is 12.8 Å². The summed E-state index contributed by atoms with van der Waals surface area (Å²) in [6.07, 6.45) is 3.70. The van der Waals surface area contributed by atoms with E-state index in [1.54, 1.807) is 0 Å². The first kappa shape index (κ1) is 16.3. The third kappa shape index (κ3) is 4.37. The van der Waals surface area contributed by atoms with Gasteiger partial charge in [-0.05, 0) is 43.4 Å². The van der Waals surface area contributed by atoms with Gasteiger partial charge in [0.05, 0.1) is 10.7 Å². The van der Waals surface area contributed by atoms with Crippen LogP contribution in [0.1, 0.15) is 31.2 Å². The average Bonchev–Trinajstić information content (AvgIpc) is 2.69. The lowest BCUT2D eigenvalue weighted by atomic mass is 10.00. The molecule has 0 bridgehead atoms. The Balaban J connectivity index is 0.00000180. The zero-order chi connectivity index (χ0) is 13.1. The van der Waals surface area contributed by atoms with Crippen LogP contribution >= 0.6 is 24.0 Å². The van der Waals surface area contributed by atoms with E-state index in [9.17, 15) is 4.79 Å². The number of nitrogens with one attached hydrogen (secondary N) is 1. The maximum absolute atomic E-state index is 11.9. The number of halogens is 2. The molecule has 0 saturated heterocycles. The van der Waals surface area contributed by atoms with Crippen LogP contribution in [0.2, 0.25) is 5.02 Å². The number of aryl methyl sites for hydroxylation is 1. The molecule has 1 aromatic rings. The molecule has 0 heterocycles. The Hall–Kier alpha value is -0.770. The van der Waals surface area contributed by atoms with E-state index in [0.29, 0.717) is 23.0 Å². The first-order valence-electron chi connectivity index (χ1n) is 6.38. The quantitative estimate of drug-likeness (QED) is 0.897. The van der Waals surface area contributed by atoms with Crippen molar-refractivity contribution < 1.29 is 4.79 Å². The molecule has 2 rings (SSSR count). The van der Waals surface area contributed by atoms with E-state index in [4.69, 9.17) is 17.3 Å². The molecule has 0 aliphatic heterocycles. The van der Waals surface area contributed by atoms with Gasteiger partial charge in [0.1, 0.15) is 0 Å². The summed E-state index contributed by atoms with van der Waals surface area (Å²) in [5.41, 5.74) is 7.72.